The Balaban J connectivity index is 1.98. The molecule has 88 valence electrons. The summed E-state index contributed by atoms with van der Waals surface area (Å²) in [5.41, 5.74) is 1.85. The monoisotopic (exact) mass is 292 g/mol. The van der Waals surface area contributed by atoms with Crippen LogP contribution < -0.4 is 0 Å². The number of ketones is 1. The predicted octanol–water partition coefficient (Wildman–Crippen LogP) is 2.54. The molecule has 3 nitrogen and oxygen atoms in total. The lowest BCUT2D eigenvalue weighted by Crippen LogP contribution is -2.07. The predicted molar refractivity (Wildman–Crippen MR) is 69.8 cm³/mol. The van der Waals surface area contributed by atoms with Crippen molar-refractivity contribution in [2.75, 3.05) is 0 Å². The van der Waals surface area contributed by atoms with Crippen molar-refractivity contribution in [1.82, 2.24) is 9.78 Å². The molecular weight excluding hydrogens is 280 g/mol. The van der Waals surface area contributed by atoms with E-state index >= 15 is 0 Å². The van der Waals surface area contributed by atoms with Crippen molar-refractivity contribution in [1.29, 1.82) is 0 Å². The third-order valence-electron chi connectivity index (χ3n) is 2.44. The van der Waals surface area contributed by atoms with Gasteiger partial charge in [0.15, 0.2) is 0 Å². The van der Waals surface area contributed by atoms with Crippen molar-refractivity contribution in [3.63, 3.8) is 0 Å². The fraction of sp³-hybridized carbons (Fsp3) is 0.231. The van der Waals surface area contributed by atoms with E-state index in [9.17, 15) is 4.79 Å². The number of hydrogen-bond acceptors (Lipinski definition) is 2. The van der Waals surface area contributed by atoms with Gasteiger partial charge in [-0.25, -0.2) is 0 Å². The van der Waals surface area contributed by atoms with Crippen molar-refractivity contribution >= 4 is 21.7 Å². The number of benzene rings is 1. The first-order chi connectivity index (χ1) is 8.13. The van der Waals surface area contributed by atoms with Gasteiger partial charge in [0.2, 0.25) is 0 Å². The van der Waals surface area contributed by atoms with E-state index in [1.807, 2.05) is 43.6 Å². The minimum atomic E-state index is 0.182. The minimum Gasteiger partial charge on any atom is -0.299 e. The summed E-state index contributed by atoms with van der Waals surface area (Å²) in [6.07, 6.45) is 2.70. The Morgan fingerprint density at radius 1 is 1.35 bits per heavy atom. The van der Waals surface area contributed by atoms with Crippen molar-refractivity contribution in [3.05, 3.63) is 52.3 Å². The lowest BCUT2D eigenvalue weighted by atomic mass is 10.1. The molecule has 0 fully saturated rings. The third kappa shape index (κ3) is 3.53. The average Bonchev–Trinajstić information content (AvgIpc) is 2.63. The van der Waals surface area contributed by atoms with Crippen LogP contribution in [0.25, 0.3) is 0 Å². The molecule has 2 rings (SSSR count). The molecular formula is C13H13BrN2O. The molecule has 1 aromatic carbocycles. The van der Waals surface area contributed by atoms with Crippen LogP contribution in [0, 0.1) is 0 Å². The van der Waals surface area contributed by atoms with Crippen LogP contribution in [0.4, 0.5) is 0 Å². The number of aryl methyl sites for hydroxylation is 1. The molecule has 0 atom stereocenters. The zero-order chi connectivity index (χ0) is 12.3. The Kier molecular flexibility index (Phi) is 3.74. The van der Waals surface area contributed by atoms with E-state index < -0.39 is 0 Å². The van der Waals surface area contributed by atoms with Gasteiger partial charge < -0.3 is 0 Å². The van der Waals surface area contributed by atoms with Crippen LogP contribution in [0.3, 0.4) is 0 Å². The summed E-state index contributed by atoms with van der Waals surface area (Å²) in [4.78, 5) is 11.8. The highest BCUT2D eigenvalue weighted by Crippen LogP contribution is 2.12. The lowest BCUT2D eigenvalue weighted by Gasteiger charge is -2.00. The number of carbonyl (C=O) groups excluding carboxylic acids is 1. The summed E-state index contributed by atoms with van der Waals surface area (Å²) in [6, 6.07) is 9.69. The highest BCUT2D eigenvalue weighted by atomic mass is 79.9. The molecule has 0 unspecified atom stereocenters. The number of nitrogens with zero attached hydrogens (tertiary/aromatic N) is 2. The van der Waals surface area contributed by atoms with Crippen molar-refractivity contribution in [3.8, 4) is 0 Å². The highest BCUT2D eigenvalue weighted by Gasteiger charge is 2.07. The van der Waals surface area contributed by atoms with Gasteiger partial charge >= 0.3 is 0 Å². The first kappa shape index (κ1) is 12.0. The Morgan fingerprint density at radius 2 is 2.18 bits per heavy atom. The zero-order valence-electron chi connectivity index (χ0n) is 9.56. The first-order valence-corrected chi connectivity index (χ1v) is 6.17. The third-order valence-corrected chi connectivity index (χ3v) is 2.93. The zero-order valence-corrected chi connectivity index (χ0v) is 11.1. The van der Waals surface area contributed by atoms with Gasteiger partial charge in [-0.1, -0.05) is 28.1 Å². The fourth-order valence-electron chi connectivity index (χ4n) is 1.70. The SMILES string of the molecule is Cn1ccc(CC(=O)Cc2cccc(Br)c2)n1. The molecule has 4 heteroatoms. The van der Waals surface area contributed by atoms with E-state index in [0.717, 1.165) is 15.7 Å². The van der Waals surface area contributed by atoms with E-state index in [2.05, 4.69) is 21.0 Å². The number of rotatable bonds is 4. The number of Topliss-reactive ketones (excluding diaryl/α,β-unsaturated/α-hetero) is 1. The van der Waals surface area contributed by atoms with Crippen molar-refractivity contribution in [2.45, 2.75) is 12.8 Å². The number of carbonyl (C=O) groups is 1. The number of halogens is 1. The van der Waals surface area contributed by atoms with Gasteiger partial charge in [-0.05, 0) is 23.8 Å². The second-order valence-corrected chi connectivity index (χ2v) is 4.92. The summed E-state index contributed by atoms with van der Waals surface area (Å²) in [6.45, 7) is 0. The molecule has 0 N–H and O–H groups in total. The second kappa shape index (κ2) is 5.27. The maximum atomic E-state index is 11.8. The van der Waals surface area contributed by atoms with Gasteiger partial charge in [-0.15, -0.1) is 0 Å². The van der Waals surface area contributed by atoms with E-state index in [4.69, 9.17) is 0 Å². The molecule has 0 bridgehead atoms. The van der Waals surface area contributed by atoms with Gasteiger partial charge in [0.05, 0.1) is 12.1 Å². The average molecular weight is 293 g/mol. The molecule has 0 radical (unpaired) electrons. The fourth-order valence-corrected chi connectivity index (χ4v) is 2.14. The first-order valence-electron chi connectivity index (χ1n) is 5.38. The van der Waals surface area contributed by atoms with E-state index in [-0.39, 0.29) is 5.78 Å². The second-order valence-electron chi connectivity index (χ2n) is 4.00. The van der Waals surface area contributed by atoms with Gasteiger partial charge in [0.1, 0.15) is 5.78 Å². The van der Waals surface area contributed by atoms with Crippen LogP contribution in [-0.2, 0) is 24.7 Å². The normalized spacial score (nSPS) is 10.5. The van der Waals surface area contributed by atoms with Crippen LogP contribution >= 0.6 is 15.9 Å². The summed E-state index contributed by atoms with van der Waals surface area (Å²) >= 11 is 3.40. The van der Waals surface area contributed by atoms with Gasteiger partial charge in [-0.2, -0.15) is 5.10 Å². The van der Waals surface area contributed by atoms with E-state index in [1.165, 1.54) is 0 Å². The van der Waals surface area contributed by atoms with Crippen molar-refractivity contribution in [2.24, 2.45) is 7.05 Å². The highest BCUT2D eigenvalue weighted by molar-refractivity contribution is 9.10. The van der Waals surface area contributed by atoms with Gasteiger partial charge in [0.25, 0.3) is 0 Å². The quantitative estimate of drug-likeness (QED) is 0.868. The molecule has 0 saturated heterocycles. The maximum Gasteiger partial charge on any atom is 0.143 e. The number of hydrogen-bond donors (Lipinski definition) is 0. The standard InChI is InChI=1S/C13H13BrN2O/c1-16-6-5-12(15-16)9-13(17)8-10-3-2-4-11(14)7-10/h2-7H,8-9H2,1H3. The van der Waals surface area contributed by atoms with Crippen LogP contribution in [0.5, 0.6) is 0 Å². The molecule has 0 aliphatic rings. The Hall–Kier alpha value is -1.42. The van der Waals surface area contributed by atoms with Crippen LogP contribution in [0.1, 0.15) is 11.3 Å². The minimum absolute atomic E-state index is 0.182. The number of aromatic nitrogens is 2. The largest absolute Gasteiger partial charge is 0.299 e. The smallest absolute Gasteiger partial charge is 0.143 e. The molecule has 0 spiro atoms. The molecule has 1 aromatic heterocycles. The van der Waals surface area contributed by atoms with E-state index in [0.29, 0.717) is 12.8 Å². The van der Waals surface area contributed by atoms with Crippen LogP contribution in [0.2, 0.25) is 0 Å². The molecule has 0 amide bonds. The Bertz CT molecular complexity index is 534. The lowest BCUT2D eigenvalue weighted by molar-refractivity contribution is -0.117. The molecule has 0 aliphatic carbocycles. The summed E-state index contributed by atoms with van der Waals surface area (Å²) in [5, 5.41) is 4.20. The maximum absolute atomic E-state index is 11.8. The molecule has 0 saturated carbocycles. The Morgan fingerprint density at radius 3 is 2.82 bits per heavy atom. The van der Waals surface area contributed by atoms with E-state index in [1.54, 1.807) is 4.68 Å². The summed E-state index contributed by atoms with van der Waals surface area (Å²) in [5.74, 6) is 0.182. The summed E-state index contributed by atoms with van der Waals surface area (Å²) < 4.78 is 2.71. The van der Waals surface area contributed by atoms with Crippen molar-refractivity contribution < 1.29 is 4.79 Å². The topological polar surface area (TPSA) is 34.9 Å². The molecule has 2 aromatic rings. The Labute approximate surface area is 109 Å². The summed E-state index contributed by atoms with van der Waals surface area (Å²) in [7, 11) is 1.85. The van der Waals surface area contributed by atoms with Crippen LogP contribution in [0.15, 0.2) is 41.0 Å². The molecule has 17 heavy (non-hydrogen) atoms. The van der Waals surface area contributed by atoms with Crippen LogP contribution in [-0.4, -0.2) is 15.6 Å². The molecule has 1 heterocycles. The van der Waals surface area contributed by atoms with Gasteiger partial charge in [0, 0.05) is 24.1 Å². The van der Waals surface area contributed by atoms with Gasteiger partial charge in [-0.3, -0.25) is 9.48 Å². The molecule has 0 aliphatic heterocycles.